The molecule has 1 aliphatic heterocycles. The lowest BCUT2D eigenvalue weighted by molar-refractivity contribution is 0.0921. The van der Waals surface area contributed by atoms with E-state index in [4.69, 9.17) is 14.2 Å². The van der Waals surface area contributed by atoms with E-state index in [1.165, 1.54) is 21.3 Å². The Kier molecular flexibility index (Phi) is 6.10. The van der Waals surface area contributed by atoms with Gasteiger partial charge in [-0.3, -0.25) is 4.79 Å². The summed E-state index contributed by atoms with van der Waals surface area (Å²) in [7, 11) is 4.61. The Morgan fingerprint density at radius 3 is 2.35 bits per heavy atom. The quantitative estimate of drug-likeness (QED) is 0.836. The lowest BCUT2D eigenvalue weighted by atomic mass is 9.92. The van der Waals surface area contributed by atoms with Gasteiger partial charge in [0.1, 0.15) is 0 Å². The highest BCUT2D eigenvalue weighted by atomic mass is 16.5. The summed E-state index contributed by atoms with van der Waals surface area (Å²) in [6.07, 6.45) is 2.28. The van der Waals surface area contributed by atoms with Gasteiger partial charge in [-0.1, -0.05) is 0 Å². The van der Waals surface area contributed by atoms with Gasteiger partial charge in [0.25, 0.3) is 5.91 Å². The number of carbonyl (C=O) groups excluding carboxylic acids is 1. The molecule has 1 aromatic carbocycles. The number of carbonyl (C=O) groups is 1. The maximum absolute atomic E-state index is 12.6. The van der Waals surface area contributed by atoms with E-state index in [1.807, 2.05) is 6.92 Å². The third-order valence-electron chi connectivity index (χ3n) is 4.33. The minimum atomic E-state index is -0.137. The molecule has 0 spiro atoms. The summed E-state index contributed by atoms with van der Waals surface area (Å²) in [5.74, 6) is 1.75. The van der Waals surface area contributed by atoms with Crippen LogP contribution in [0.5, 0.6) is 17.2 Å². The third-order valence-corrected chi connectivity index (χ3v) is 4.33. The van der Waals surface area contributed by atoms with Crippen LogP contribution in [0, 0.1) is 5.92 Å². The summed E-state index contributed by atoms with van der Waals surface area (Å²) in [5, 5.41) is 6.45. The number of hydrogen-bond acceptors (Lipinski definition) is 5. The second-order valence-electron chi connectivity index (χ2n) is 5.78. The Labute approximate surface area is 137 Å². The number of benzene rings is 1. The smallest absolute Gasteiger partial charge is 0.251 e. The second kappa shape index (κ2) is 8.06. The van der Waals surface area contributed by atoms with Crippen molar-refractivity contribution in [2.75, 3.05) is 34.4 Å². The zero-order valence-corrected chi connectivity index (χ0v) is 14.3. The van der Waals surface area contributed by atoms with Crippen LogP contribution in [0.15, 0.2) is 12.1 Å². The molecule has 6 nitrogen and oxygen atoms in total. The fourth-order valence-electron chi connectivity index (χ4n) is 2.93. The van der Waals surface area contributed by atoms with Crippen molar-refractivity contribution in [2.45, 2.75) is 25.8 Å². The van der Waals surface area contributed by atoms with E-state index in [0.717, 1.165) is 25.9 Å². The number of nitrogens with one attached hydrogen (secondary N) is 2. The molecular weight excluding hydrogens is 296 g/mol. The number of methoxy groups -OCH3 is 3. The standard InChI is InChI=1S/C17H26N2O4/c1-11(12-6-5-7-18-10-12)19-17(20)13-8-14(21-2)16(23-4)15(9-13)22-3/h8-9,11-12,18H,5-7,10H2,1-4H3,(H,19,20). The van der Waals surface area contributed by atoms with Gasteiger partial charge in [-0.25, -0.2) is 0 Å². The number of hydrogen-bond donors (Lipinski definition) is 2. The molecule has 128 valence electrons. The first kappa shape index (κ1) is 17.4. The van der Waals surface area contributed by atoms with Crippen LogP contribution in [0.4, 0.5) is 0 Å². The molecule has 1 aliphatic rings. The van der Waals surface area contributed by atoms with E-state index in [-0.39, 0.29) is 11.9 Å². The molecule has 2 N–H and O–H groups in total. The Bertz CT molecular complexity index is 516. The second-order valence-corrected chi connectivity index (χ2v) is 5.78. The monoisotopic (exact) mass is 322 g/mol. The van der Waals surface area contributed by atoms with Crippen molar-refractivity contribution in [3.63, 3.8) is 0 Å². The topological polar surface area (TPSA) is 68.8 Å². The lowest BCUT2D eigenvalue weighted by Crippen LogP contribution is -2.44. The van der Waals surface area contributed by atoms with Crippen molar-refractivity contribution in [1.29, 1.82) is 0 Å². The number of ether oxygens (including phenoxy) is 3. The Balaban J connectivity index is 2.15. The van der Waals surface area contributed by atoms with Crippen molar-refractivity contribution in [1.82, 2.24) is 10.6 Å². The minimum absolute atomic E-state index is 0.106. The predicted octanol–water partition coefficient (Wildman–Crippen LogP) is 1.83. The van der Waals surface area contributed by atoms with E-state index >= 15 is 0 Å². The molecule has 1 aromatic rings. The van der Waals surface area contributed by atoms with Crippen molar-refractivity contribution in [2.24, 2.45) is 5.92 Å². The third kappa shape index (κ3) is 4.07. The molecule has 2 atom stereocenters. The first-order chi connectivity index (χ1) is 11.1. The molecule has 1 amide bonds. The molecule has 0 aromatic heterocycles. The predicted molar refractivity (Wildman–Crippen MR) is 88.6 cm³/mol. The Hall–Kier alpha value is -1.95. The van der Waals surface area contributed by atoms with Gasteiger partial charge in [0.2, 0.25) is 5.75 Å². The first-order valence-corrected chi connectivity index (χ1v) is 7.92. The highest BCUT2D eigenvalue weighted by Gasteiger charge is 2.23. The maximum atomic E-state index is 12.6. The molecule has 2 rings (SSSR count). The molecule has 6 heteroatoms. The molecule has 2 unspecified atom stereocenters. The summed E-state index contributed by atoms with van der Waals surface area (Å²) in [6, 6.07) is 3.44. The number of amides is 1. The van der Waals surface area contributed by atoms with E-state index in [2.05, 4.69) is 10.6 Å². The average Bonchev–Trinajstić information content (AvgIpc) is 2.60. The molecule has 0 radical (unpaired) electrons. The van der Waals surface area contributed by atoms with Crippen LogP contribution in [0.2, 0.25) is 0 Å². The molecule has 0 saturated carbocycles. The van der Waals surface area contributed by atoms with Crippen molar-refractivity contribution in [3.05, 3.63) is 17.7 Å². The maximum Gasteiger partial charge on any atom is 0.251 e. The van der Waals surface area contributed by atoms with Gasteiger partial charge in [0, 0.05) is 11.6 Å². The normalized spacial score (nSPS) is 18.9. The van der Waals surface area contributed by atoms with Crippen LogP contribution < -0.4 is 24.8 Å². The van der Waals surface area contributed by atoms with E-state index in [9.17, 15) is 4.79 Å². The molecular formula is C17H26N2O4. The summed E-state index contributed by atoms with van der Waals surface area (Å²) in [4.78, 5) is 12.6. The van der Waals surface area contributed by atoms with Gasteiger partial charge in [0.05, 0.1) is 21.3 Å². The van der Waals surface area contributed by atoms with Gasteiger partial charge >= 0.3 is 0 Å². The zero-order valence-electron chi connectivity index (χ0n) is 14.3. The molecule has 1 heterocycles. The molecule has 0 bridgehead atoms. The molecule has 0 aliphatic carbocycles. The van der Waals surface area contributed by atoms with Gasteiger partial charge < -0.3 is 24.8 Å². The summed E-state index contributed by atoms with van der Waals surface area (Å²) in [6.45, 7) is 4.05. The van der Waals surface area contributed by atoms with Crippen LogP contribution in [0.25, 0.3) is 0 Å². The van der Waals surface area contributed by atoms with E-state index in [1.54, 1.807) is 12.1 Å². The van der Waals surface area contributed by atoms with Crippen molar-refractivity contribution >= 4 is 5.91 Å². The summed E-state index contributed by atoms with van der Waals surface area (Å²) < 4.78 is 15.9. The zero-order chi connectivity index (χ0) is 16.8. The van der Waals surface area contributed by atoms with Crippen LogP contribution in [0.3, 0.4) is 0 Å². The largest absolute Gasteiger partial charge is 0.493 e. The van der Waals surface area contributed by atoms with Crippen molar-refractivity contribution < 1.29 is 19.0 Å². The Morgan fingerprint density at radius 1 is 1.22 bits per heavy atom. The van der Waals surface area contributed by atoms with Crippen LogP contribution in [0.1, 0.15) is 30.1 Å². The Morgan fingerprint density at radius 2 is 1.87 bits per heavy atom. The van der Waals surface area contributed by atoms with E-state index < -0.39 is 0 Å². The summed E-state index contributed by atoms with van der Waals surface area (Å²) in [5.41, 5.74) is 0.495. The van der Waals surface area contributed by atoms with Crippen molar-refractivity contribution in [3.8, 4) is 17.2 Å². The van der Waals surface area contributed by atoms with Crippen LogP contribution in [-0.4, -0.2) is 46.4 Å². The van der Waals surface area contributed by atoms with E-state index in [0.29, 0.717) is 28.7 Å². The minimum Gasteiger partial charge on any atom is -0.493 e. The van der Waals surface area contributed by atoms with Crippen LogP contribution in [-0.2, 0) is 0 Å². The fourth-order valence-corrected chi connectivity index (χ4v) is 2.93. The van der Waals surface area contributed by atoms with Gasteiger partial charge in [0.15, 0.2) is 11.5 Å². The number of piperidine rings is 1. The fraction of sp³-hybridized carbons (Fsp3) is 0.588. The molecule has 1 fully saturated rings. The van der Waals surface area contributed by atoms with Crippen LogP contribution >= 0.6 is 0 Å². The molecule has 23 heavy (non-hydrogen) atoms. The highest BCUT2D eigenvalue weighted by molar-refractivity contribution is 5.95. The average molecular weight is 322 g/mol. The summed E-state index contributed by atoms with van der Waals surface area (Å²) >= 11 is 0. The lowest BCUT2D eigenvalue weighted by Gasteiger charge is -2.29. The number of rotatable bonds is 6. The van der Waals surface area contributed by atoms with Gasteiger partial charge in [-0.2, -0.15) is 0 Å². The van der Waals surface area contributed by atoms with Gasteiger partial charge in [-0.15, -0.1) is 0 Å². The first-order valence-electron chi connectivity index (χ1n) is 7.92. The molecule has 1 saturated heterocycles. The SMILES string of the molecule is COc1cc(C(=O)NC(C)C2CCCNC2)cc(OC)c1OC. The van der Waals surface area contributed by atoms with Gasteiger partial charge in [-0.05, 0) is 50.9 Å². The highest BCUT2D eigenvalue weighted by Crippen LogP contribution is 2.38.